The third-order valence-electron chi connectivity index (χ3n) is 3.56. The van der Waals surface area contributed by atoms with Crippen LogP contribution in [0.4, 0.5) is 13.2 Å². The van der Waals surface area contributed by atoms with Crippen molar-refractivity contribution >= 4 is 11.1 Å². The highest BCUT2D eigenvalue weighted by atomic mass is 19.4. The van der Waals surface area contributed by atoms with Gasteiger partial charge in [0.2, 0.25) is 0 Å². The summed E-state index contributed by atoms with van der Waals surface area (Å²) in [5, 5.41) is 0. The first-order chi connectivity index (χ1) is 8.95. The van der Waals surface area contributed by atoms with Crippen molar-refractivity contribution < 1.29 is 17.6 Å². The lowest BCUT2D eigenvalue weighted by Crippen LogP contribution is -2.16. The molecular weight excluding hydrogens is 257 g/mol. The molecule has 1 aliphatic heterocycles. The summed E-state index contributed by atoms with van der Waals surface area (Å²) in [5.74, 6) is 0.696. The van der Waals surface area contributed by atoms with Crippen molar-refractivity contribution in [2.24, 2.45) is 0 Å². The molecular formula is C13H13F3N2O. The number of fused-ring (bicyclic) bond motifs is 1. The van der Waals surface area contributed by atoms with Gasteiger partial charge in [-0.25, -0.2) is 0 Å². The van der Waals surface area contributed by atoms with Crippen molar-refractivity contribution in [2.45, 2.75) is 25.1 Å². The van der Waals surface area contributed by atoms with Gasteiger partial charge in [-0.15, -0.1) is 0 Å². The summed E-state index contributed by atoms with van der Waals surface area (Å²) >= 11 is 0. The lowest BCUT2D eigenvalue weighted by Gasteiger charge is -2.16. The van der Waals surface area contributed by atoms with E-state index in [1.54, 1.807) is 6.07 Å². The van der Waals surface area contributed by atoms with Crippen molar-refractivity contribution in [1.82, 2.24) is 9.88 Å². The van der Waals surface area contributed by atoms with E-state index in [0.717, 1.165) is 31.6 Å². The topological polar surface area (TPSA) is 29.3 Å². The Labute approximate surface area is 108 Å². The fourth-order valence-electron chi connectivity index (χ4n) is 2.53. The summed E-state index contributed by atoms with van der Waals surface area (Å²) < 4.78 is 43.3. The normalized spacial score (nSPS) is 21.4. The van der Waals surface area contributed by atoms with Crippen LogP contribution in [0.5, 0.6) is 0 Å². The third-order valence-corrected chi connectivity index (χ3v) is 3.56. The zero-order valence-electron chi connectivity index (χ0n) is 10.4. The van der Waals surface area contributed by atoms with Gasteiger partial charge in [-0.2, -0.15) is 13.2 Å². The van der Waals surface area contributed by atoms with Crippen LogP contribution in [0.15, 0.2) is 22.7 Å². The monoisotopic (exact) mass is 270 g/mol. The van der Waals surface area contributed by atoms with E-state index >= 15 is 0 Å². The van der Waals surface area contributed by atoms with Gasteiger partial charge in [0.05, 0.1) is 11.6 Å². The van der Waals surface area contributed by atoms with E-state index < -0.39 is 11.7 Å². The number of rotatable bonds is 1. The van der Waals surface area contributed by atoms with Crippen LogP contribution in [0.2, 0.25) is 0 Å². The second-order valence-corrected chi connectivity index (χ2v) is 4.89. The molecule has 0 bridgehead atoms. The number of hydrogen-bond donors (Lipinski definition) is 0. The van der Waals surface area contributed by atoms with Crippen LogP contribution < -0.4 is 0 Å². The maximum Gasteiger partial charge on any atom is 0.418 e. The highest BCUT2D eigenvalue weighted by molar-refractivity contribution is 5.74. The quantitative estimate of drug-likeness (QED) is 0.792. The molecule has 0 aromatic carbocycles. The van der Waals surface area contributed by atoms with Gasteiger partial charge in [-0.3, -0.25) is 9.88 Å². The number of furan rings is 1. The van der Waals surface area contributed by atoms with Gasteiger partial charge < -0.3 is 4.42 Å². The molecule has 19 heavy (non-hydrogen) atoms. The first-order valence-electron chi connectivity index (χ1n) is 6.12. The van der Waals surface area contributed by atoms with E-state index in [2.05, 4.69) is 9.88 Å². The minimum absolute atomic E-state index is 0.142. The molecule has 3 heterocycles. The van der Waals surface area contributed by atoms with Crippen LogP contribution in [0.25, 0.3) is 11.1 Å². The Morgan fingerprint density at radius 3 is 2.79 bits per heavy atom. The van der Waals surface area contributed by atoms with Gasteiger partial charge in [-0.05, 0) is 32.5 Å². The van der Waals surface area contributed by atoms with Crippen LogP contribution in [-0.2, 0) is 6.18 Å². The van der Waals surface area contributed by atoms with Crippen LogP contribution in [-0.4, -0.2) is 23.5 Å². The van der Waals surface area contributed by atoms with Gasteiger partial charge in [-0.1, -0.05) is 0 Å². The number of pyridine rings is 1. The second kappa shape index (κ2) is 4.23. The fourth-order valence-corrected chi connectivity index (χ4v) is 2.53. The molecule has 1 aliphatic rings. The lowest BCUT2D eigenvalue weighted by atomic mass is 10.1. The van der Waals surface area contributed by atoms with Gasteiger partial charge in [0.1, 0.15) is 11.3 Å². The molecule has 0 amide bonds. The molecule has 1 atom stereocenters. The van der Waals surface area contributed by atoms with Crippen molar-refractivity contribution in [3.05, 3.63) is 29.7 Å². The summed E-state index contributed by atoms with van der Waals surface area (Å²) in [7, 11) is 1.99. The maximum atomic E-state index is 12.6. The SMILES string of the molecule is CN1CCC[C@H]1c1cc2ncc(C(F)(F)F)cc2o1. The Bertz CT molecular complexity index is 605. The summed E-state index contributed by atoms with van der Waals surface area (Å²) in [6.07, 6.45) is -1.51. The van der Waals surface area contributed by atoms with Crippen molar-refractivity contribution in [3.8, 4) is 0 Å². The van der Waals surface area contributed by atoms with E-state index in [9.17, 15) is 13.2 Å². The third kappa shape index (κ3) is 2.20. The first kappa shape index (κ1) is 12.5. The van der Waals surface area contributed by atoms with Crippen molar-refractivity contribution in [3.63, 3.8) is 0 Å². The van der Waals surface area contributed by atoms with Crippen molar-refractivity contribution in [1.29, 1.82) is 0 Å². The number of aromatic nitrogens is 1. The Balaban J connectivity index is 2.01. The smallest absolute Gasteiger partial charge is 0.418 e. The molecule has 2 aromatic heterocycles. The minimum atomic E-state index is -4.39. The lowest BCUT2D eigenvalue weighted by molar-refractivity contribution is -0.137. The summed E-state index contributed by atoms with van der Waals surface area (Å²) in [4.78, 5) is 5.97. The van der Waals surface area contributed by atoms with E-state index in [4.69, 9.17) is 4.42 Å². The molecule has 2 aromatic rings. The van der Waals surface area contributed by atoms with E-state index in [1.807, 2.05) is 7.05 Å². The zero-order chi connectivity index (χ0) is 13.6. The Hall–Kier alpha value is -1.56. The Kier molecular flexibility index (Phi) is 2.78. The maximum absolute atomic E-state index is 12.6. The molecule has 1 saturated heterocycles. The van der Waals surface area contributed by atoms with Gasteiger partial charge in [0.25, 0.3) is 0 Å². The standard InChI is InChI=1S/C13H13F3N2O/c1-18-4-2-3-10(18)12-6-9-11(19-12)5-8(7-17-9)13(14,15)16/h5-7,10H,2-4H2,1H3/t10-/m0/s1. The van der Waals surface area contributed by atoms with Gasteiger partial charge in [0, 0.05) is 12.3 Å². The van der Waals surface area contributed by atoms with Crippen LogP contribution in [0.3, 0.4) is 0 Å². The summed E-state index contributed by atoms with van der Waals surface area (Å²) in [6, 6.07) is 2.89. The average molecular weight is 270 g/mol. The number of hydrogen-bond acceptors (Lipinski definition) is 3. The molecule has 102 valence electrons. The Morgan fingerprint density at radius 1 is 1.37 bits per heavy atom. The highest BCUT2D eigenvalue weighted by Gasteiger charge is 2.32. The molecule has 0 aliphatic carbocycles. The van der Waals surface area contributed by atoms with Gasteiger partial charge in [0.15, 0.2) is 5.58 Å². The molecule has 3 nitrogen and oxygen atoms in total. The molecule has 0 unspecified atom stereocenters. The van der Waals surface area contributed by atoms with E-state index in [-0.39, 0.29) is 11.6 Å². The fraction of sp³-hybridized carbons (Fsp3) is 0.462. The highest BCUT2D eigenvalue weighted by Crippen LogP contribution is 2.35. The predicted molar refractivity (Wildman–Crippen MR) is 63.6 cm³/mol. The van der Waals surface area contributed by atoms with Crippen molar-refractivity contribution in [2.75, 3.05) is 13.6 Å². The molecule has 6 heteroatoms. The number of nitrogens with zero attached hydrogens (tertiary/aromatic N) is 2. The Morgan fingerprint density at radius 2 is 2.16 bits per heavy atom. The summed E-state index contributed by atoms with van der Waals surface area (Å²) in [6.45, 7) is 0.975. The molecule has 3 rings (SSSR count). The molecule has 0 radical (unpaired) electrons. The molecule has 0 spiro atoms. The summed E-state index contributed by atoms with van der Waals surface area (Å²) in [5.41, 5.74) is -0.103. The number of alkyl halides is 3. The van der Waals surface area contributed by atoms with Gasteiger partial charge >= 0.3 is 6.18 Å². The molecule has 0 N–H and O–H groups in total. The molecule has 0 saturated carbocycles. The van der Waals surface area contributed by atoms with Crippen LogP contribution in [0, 0.1) is 0 Å². The van der Waals surface area contributed by atoms with E-state index in [0.29, 0.717) is 11.3 Å². The zero-order valence-corrected chi connectivity index (χ0v) is 10.4. The predicted octanol–water partition coefficient (Wildman–Crippen LogP) is 3.61. The average Bonchev–Trinajstić information content (AvgIpc) is 2.91. The van der Waals surface area contributed by atoms with E-state index in [1.165, 1.54) is 0 Å². The number of halogens is 3. The molecule has 1 fully saturated rings. The largest absolute Gasteiger partial charge is 0.458 e. The van der Waals surface area contributed by atoms with Crippen LogP contribution in [0.1, 0.15) is 30.2 Å². The minimum Gasteiger partial charge on any atom is -0.458 e. The second-order valence-electron chi connectivity index (χ2n) is 4.89. The first-order valence-corrected chi connectivity index (χ1v) is 6.12. The van der Waals surface area contributed by atoms with Crippen LogP contribution >= 0.6 is 0 Å². The number of likely N-dealkylation sites (tertiary alicyclic amines) is 1.